The lowest BCUT2D eigenvalue weighted by atomic mass is 10.2. The summed E-state index contributed by atoms with van der Waals surface area (Å²) in [7, 11) is 0. The summed E-state index contributed by atoms with van der Waals surface area (Å²) in [5.74, 6) is -0.974. The molecule has 0 radical (unpaired) electrons. The third kappa shape index (κ3) is 2.08. The third-order valence-electron chi connectivity index (χ3n) is 3.02. The zero-order chi connectivity index (χ0) is 14.3. The molecule has 0 aliphatic heterocycles. The van der Waals surface area contributed by atoms with E-state index in [0.717, 1.165) is 21.2 Å². The van der Waals surface area contributed by atoms with Gasteiger partial charge in [0.15, 0.2) is 0 Å². The minimum absolute atomic E-state index is 0.202. The van der Waals surface area contributed by atoms with Crippen LogP contribution < -0.4 is 0 Å². The Morgan fingerprint density at radius 2 is 2.05 bits per heavy atom. The number of fused-ring (bicyclic) bond motifs is 1. The molecule has 0 saturated carbocycles. The molecule has 2 aromatic carbocycles. The van der Waals surface area contributed by atoms with Crippen LogP contribution in [-0.2, 0) is 0 Å². The normalized spacial score (nSPS) is 10.9. The number of rotatable bonds is 2. The number of nitrogens with zero attached hydrogens (tertiary/aromatic N) is 3. The Morgan fingerprint density at radius 1 is 1.25 bits per heavy atom. The maximum atomic E-state index is 11.0. The number of hydrogen-bond donors (Lipinski definition) is 1. The Labute approximate surface area is 123 Å². The first-order valence-corrected chi connectivity index (χ1v) is 6.71. The Kier molecular flexibility index (Phi) is 3.02. The summed E-state index contributed by atoms with van der Waals surface area (Å²) in [5.41, 5.74) is 3.50. The quantitative estimate of drug-likeness (QED) is 0.783. The molecule has 1 N–H and O–H groups in total. The van der Waals surface area contributed by atoms with E-state index in [9.17, 15) is 4.79 Å². The molecule has 0 amide bonds. The second kappa shape index (κ2) is 4.72. The number of aryl methyl sites for hydroxylation is 1. The molecule has 1 aromatic heterocycles. The van der Waals surface area contributed by atoms with Crippen molar-refractivity contribution in [1.82, 2.24) is 15.0 Å². The molecule has 5 nitrogen and oxygen atoms in total. The van der Waals surface area contributed by atoms with Crippen molar-refractivity contribution in [3.63, 3.8) is 0 Å². The predicted octanol–water partition coefficient (Wildman–Crippen LogP) is 3.19. The fraction of sp³-hybridized carbons (Fsp3) is 0.0714. The number of aromatic nitrogens is 3. The molecule has 0 bridgehead atoms. The van der Waals surface area contributed by atoms with Gasteiger partial charge in [0.25, 0.3) is 0 Å². The Balaban J connectivity index is 2.22. The predicted molar refractivity (Wildman–Crippen MR) is 78.3 cm³/mol. The van der Waals surface area contributed by atoms with Gasteiger partial charge in [-0.2, -0.15) is 0 Å². The van der Waals surface area contributed by atoms with Crippen LogP contribution in [0.5, 0.6) is 0 Å². The van der Waals surface area contributed by atoms with Gasteiger partial charge in [-0.15, -0.1) is 5.10 Å². The Morgan fingerprint density at radius 3 is 2.80 bits per heavy atom. The molecule has 3 rings (SSSR count). The highest BCUT2D eigenvalue weighted by Crippen LogP contribution is 2.25. The molecule has 0 spiro atoms. The molecule has 6 heteroatoms. The summed E-state index contributed by atoms with van der Waals surface area (Å²) >= 11 is 3.49. The van der Waals surface area contributed by atoms with Crippen molar-refractivity contribution in [3.05, 3.63) is 52.0 Å². The highest BCUT2D eigenvalue weighted by atomic mass is 79.9. The number of benzene rings is 2. The van der Waals surface area contributed by atoms with Gasteiger partial charge in [0.2, 0.25) is 0 Å². The molecule has 100 valence electrons. The van der Waals surface area contributed by atoms with Gasteiger partial charge in [-0.05, 0) is 58.7 Å². The number of hydrogen-bond acceptors (Lipinski definition) is 3. The summed E-state index contributed by atoms with van der Waals surface area (Å²) in [5, 5.41) is 17.1. The van der Waals surface area contributed by atoms with Crippen LogP contribution in [0, 0.1) is 6.92 Å². The molecular formula is C14H10BrN3O2. The minimum atomic E-state index is -0.974. The number of carbonyl (C=O) groups is 1. The van der Waals surface area contributed by atoms with Crippen molar-refractivity contribution in [2.24, 2.45) is 0 Å². The van der Waals surface area contributed by atoms with E-state index in [4.69, 9.17) is 5.11 Å². The number of carboxylic acids is 1. The first-order valence-electron chi connectivity index (χ1n) is 5.91. The minimum Gasteiger partial charge on any atom is -0.478 e. The van der Waals surface area contributed by atoms with Crippen molar-refractivity contribution < 1.29 is 9.90 Å². The van der Waals surface area contributed by atoms with E-state index in [1.165, 1.54) is 6.07 Å². The summed E-state index contributed by atoms with van der Waals surface area (Å²) < 4.78 is 2.59. The van der Waals surface area contributed by atoms with Gasteiger partial charge in [-0.25, -0.2) is 9.48 Å². The zero-order valence-corrected chi connectivity index (χ0v) is 12.1. The van der Waals surface area contributed by atoms with E-state index >= 15 is 0 Å². The summed E-state index contributed by atoms with van der Waals surface area (Å²) in [6.45, 7) is 2.00. The fourth-order valence-electron chi connectivity index (χ4n) is 2.02. The number of aromatic carboxylic acids is 1. The smallest absolute Gasteiger partial charge is 0.335 e. The van der Waals surface area contributed by atoms with E-state index < -0.39 is 5.97 Å². The molecule has 1 heterocycles. The van der Waals surface area contributed by atoms with Gasteiger partial charge in [-0.1, -0.05) is 11.3 Å². The standard InChI is InChI=1S/C14H10BrN3O2/c1-8-2-4-10(15)13(6-8)18-12-5-3-9(14(19)20)7-11(12)16-17-18/h2-7H,1H3,(H,19,20). The molecule has 3 aromatic rings. The maximum absolute atomic E-state index is 11.0. The van der Waals surface area contributed by atoms with Crippen LogP contribution in [0.1, 0.15) is 15.9 Å². The van der Waals surface area contributed by atoms with E-state index in [1.807, 2.05) is 25.1 Å². The first-order chi connectivity index (χ1) is 9.56. The second-order valence-corrected chi connectivity index (χ2v) is 5.32. The van der Waals surface area contributed by atoms with Crippen LogP contribution in [0.3, 0.4) is 0 Å². The molecule has 0 aliphatic rings. The van der Waals surface area contributed by atoms with Gasteiger partial charge in [0, 0.05) is 4.47 Å². The SMILES string of the molecule is Cc1ccc(Br)c(-n2nnc3cc(C(=O)O)ccc32)c1. The van der Waals surface area contributed by atoms with Crippen molar-refractivity contribution in [2.45, 2.75) is 6.92 Å². The molecular weight excluding hydrogens is 322 g/mol. The average molecular weight is 332 g/mol. The lowest BCUT2D eigenvalue weighted by Gasteiger charge is -2.06. The van der Waals surface area contributed by atoms with Crippen molar-refractivity contribution in [1.29, 1.82) is 0 Å². The molecule has 0 atom stereocenters. The maximum Gasteiger partial charge on any atom is 0.335 e. The summed E-state index contributed by atoms with van der Waals surface area (Å²) in [6, 6.07) is 10.7. The number of halogens is 1. The third-order valence-corrected chi connectivity index (χ3v) is 3.69. The van der Waals surface area contributed by atoms with E-state index in [-0.39, 0.29) is 5.56 Å². The van der Waals surface area contributed by atoms with E-state index in [0.29, 0.717) is 5.52 Å². The molecule has 0 aliphatic carbocycles. The Bertz CT molecular complexity index is 826. The van der Waals surface area contributed by atoms with Gasteiger partial charge < -0.3 is 5.11 Å². The fourth-order valence-corrected chi connectivity index (χ4v) is 2.43. The van der Waals surface area contributed by atoms with Crippen LogP contribution >= 0.6 is 15.9 Å². The average Bonchev–Trinajstić information content (AvgIpc) is 2.84. The van der Waals surface area contributed by atoms with Crippen molar-refractivity contribution in [3.8, 4) is 5.69 Å². The zero-order valence-electron chi connectivity index (χ0n) is 10.5. The Hall–Kier alpha value is -2.21. The van der Waals surface area contributed by atoms with E-state index in [1.54, 1.807) is 16.8 Å². The largest absolute Gasteiger partial charge is 0.478 e. The van der Waals surface area contributed by atoms with Gasteiger partial charge in [0.05, 0.1) is 16.8 Å². The highest BCUT2D eigenvalue weighted by molar-refractivity contribution is 9.10. The van der Waals surface area contributed by atoms with E-state index in [2.05, 4.69) is 26.2 Å². The van der Waals surface area contributed by atoms with Crippen LogP contribution in [0.4, 0.5) is 0 Å². The van der Waals surface area contributed by atoms with Gasteiger partial charge in [-0.3, -0.25) is 0 Å². The monoisotopic (exact) mass is 331 g/mol. The number of carboxylic acid groups (broad SMARTS) is 1. The van der Waals surface area contributed by atoms with Crippen LogP contribution in [0.2, 0.25) is 0 Å². The van der Waals surface area contributed by atoms with Gasteiger partial charge in [0.1, 0.15) is 5.52 Å². The lowest BCUT2D eigenvalue weighted by Crippen LogP contribution is -1.99. The molecule has 0 saturated heterocycles. The molecule has 0 unspecified atom stereocenters. The summed E-state index contributed by atoms with van der Waals surface area (Å²) in [6.07, 6.45) is 0. The summed E-state index contributed by atoms with van der Waals surface area (Å²) in [4.78, 5) is 11.0. The highest BCUT2D eigenvalue weighted by Gasteiger charge is 2.12. The second-order valence-electron chi connectivity index (χ2n) is 4.46. The van der Waals surface area contributed by atoms with Crippen LogP contribution in [-0.4, -0.2) is 26.1 Å². The van der Waals surface area contributed by atoms with Crippen molar-refractivity contribution in [2.75, 3.05) is 0 Å². The van der Waals surface area contributed by atoms with Crippen LogP contribution in [0.15, 0.2) is 40.9 Å². The van der Waals surface area contributed by atoms with Crippen LogP contribution in [0.25, 0.3) is 16.7 Å². The molecule has 20 heavy (non-hydrogen) atoms. The first kappa shape index (κ1) is 12.8. The van der Waals surface area contributed by atoms with Crippen molar-refractivity contribution >= 4 is 32.9 Å². The lowest BCUT2D eigenvalue weighted by molar-refractivity contribution is 0.0697. The molecule has 0 fully saturated rings. The van der Waals surface area contributed by atoms with Gasteiger partial charge >= 0.3 is 5.97 Å². The topological polar surface area (TPSA) is 68.0 Å².